The van der Waals surface area contributed by atoms with Gasteiger partial charge >= 0.3 is 0 Å². The van der Waals surface area contributed by atoms with E-state index in [1.807, 2.05) is 0 Å². The predicted molar refractivity (Wildman–Crippen MR) is 79.4 cm³/mol. The van der Waals surface area contributed by atoms with Gasteiger partial charge in [0.2, 0.25) is 0 Å². The average Bonchev–Trinajstić information content (AvgIpc) is 2.68. The maximum Gasteiger partial charge on any atom is 0.292 e. The molecule has 0 aliphatic heterocycles. The third-order valence-corrected chi connectivity index (χ3v) is 4.19. The minimum atomic E-state index is -0.573. The first-order valence-electron chi connectivity index (χ1n) is 5.53. The van der Waals surface area contributed by atoms with Gasteiger partial charge in [0.15, 0.2) is 0 Å². The fourth-order valence-electron chi connectivity index (χ4n) is 1.74. The van der Waals surface area contributed by atoms with Gasteiger partial charge < -0.3 is 5.32 Å². The van der Waals surface area contributed by atoms with E-state index in [4.69, 9.17) is 23.2 Å². The van der Waals surface area contributed by atoms with Crippen molar-refractivity contribution in [1.82, 2.24) is 0 Å². The molecule has 2 aromatic rings. The van der Waals surface area contributed by atoms with E-state index in [0.717, 1.165) is 18.2 Å². The molecule has 0 bridgehead atoms. The molecule has 20 heavy (non-hydrogen) atoms. The van der Waals surface area contributed by atoms with E-state index in [1.165, 1.54) is 11.3 Å². The van der Waals surface area contributed by atoms with Gasteiger partial charge in [0.25, 0.3) is 5.69 Å². The van der Waals surface area contributed by atoms with Gasteiger partial charge in [0, 0.05) is 17.7 Å². The molecule has 8 heteroatoms. The van der Waals surface area contributed by atoms with Crippen molar-refractivity contribution in [3.8, 4) is 0 Å². The first-order chi connectivity index (χ1) is 9.38. The normalized spacial score (nSPS) is 12.2. The highest BCUT2D eigenvalue weighted by molar-refractivity contribution is 7.20. The Bertz CT molecular complexity index is 663. The summed E-state index contributed by atoms with van der Waals surface area (Å²) < 4.78 is 14.3. The maximum atomic E-state index is 13.2. The van der Waals surface area contributed by atoms with Crippen LogP contribution in [0.15, 0.2) is 24.3 Å². The van der Waals surface area contributed by atoms with Crippen LogP contribution < -0.4 is 5.32 Å². The second-order valence-electron chi connectivity index (χ2n) is 4.06. The SMILES string of the molecule is CC(Nc1cc(F)ccc1[N+](=O)[O-])c1cc(Cl)sc1Cl. The number of thiophene rings is 1. The summed E-state index contributed by atoms with van der Waals surface area (Å²) >= 11 is 13.1. The maximum absolute atomic E-state index is 13.2. The van der Waals surface area contributed by atoms with Gasteiger partial charge in [-0.1, -0.05) is 23.2 Å². The molecule has 1 aromatic carbocycles. The van der Waals surface area contributed by atoms with Crippen molar-refractivity contribution in [3.63, 3.8) is 0 Å². The molecule has 0 spiro atoms. The van der Waals surface area contributed by atoms with Gasteiger partial charge in [0.05, 0.1) is 19.6 Å². The van der Waals surface area contributed by atoms with E-state index in [2.05, 4.69) is 5.32 Å². The van der Waals surface area contributed by atoms with Crippen molar-refractivity contribution in [2.75, 3.05) is 5.32 Å². The lowest BCUT2D eigenvalue weighted by Crippen LogP contribution is -2.08. The fraction of sp³-hybridized carbons (Fsp3) is 0.167. The van der Waals surface area contributed by atoms with Crippen LogP contribution in [0, 0.1) is 15.9 Å². The van der Waals surface area contributed by atoms with Crippen molar-refractivity contribution < 1.29 is 9.31 Å². The quantitative estimate of drug-likeness (QED) is 0.611. The Labute approximate surface area is 128 Å². The largest absolute Gasteiger partial charge is 0.373 e. The van der Waals surface area contributed by atoms with E-state index in [0.29, 0.717) is 14.2 Å². The second kappa shape index (κ2) is 5.95. The van der Waals surface area contributed by atoms with Gasteiger partial charge in [-0.15, -0.1) is 11.3 Å². The van der Waals surface area contributed by atoms with Gasteiger partial charge in [-0.3, -0.25) is 10.1 Å². The first-order valence-corrected chi connectivity index (χ1v) is 7.11. The number of halogens is 3. The first kappa shape index (κ1) is 15.0. The topological polar surface area (TPSA) is 55.2 Å². The summed E-state index contributed by atoms with van der Waals surface area (Å²) in [6, 6.07) is 4.58. The molecule has 0 saturated heterocycles. The lowest BCUT2D eigenvalue weighted by Gasteiger charge is -2.14. The number of nitro groups is 1. The Morgan fingerprint density at radius 3 is 2.65 bits per heavy atom. The molecule has 1 unspecified atom stereocenters. The van der Waals surface area contributed by atoms with Crippen LogP contribution in [0.1, 0.15) is 18.5 Å². The van der Waals surface area contributed by atoms with E-state index >= 15 is 0 Å². The molecule has 4 nitrogen and oxygen atoms in total. The summed E-state index contributed by atoms with van der Waals surface area (Å²) in [7, 11) is 0. The van der Waals surface area contributed by atoms with Gasteiger partial charge in [0.1, 0.15) is 11.5 Å². The number of benzene rings is 1. The summed E-state index contributed by atoms with van der Waals surface area (Å²) in [6.07, 6.45) is 0. The van der Waals surface area contributed by atoms with Crippen LogP contribution in [0.4, 0.5) is 15.8 Å². The Kier molecular flexibility index (Phi) is 4.47. The number of hydrogen-bond donors (Lipinski definition) is 1. The van der Waals surface area contributed by atoms with Crippen molar-refractivity contribution in [2.45, 2.75) is 13.0 Å². The molecular weight excluding hydrogens is 326 g/mol. The number of nitrogens with one attached hydrogen (secondary N) is 1. The summed E-state index contributed by atoms with van der Waals surface area (Å²) in [4.78, 5) is 10.3. The second-order valence-corrected chi connectivity index (χ2v) is 6.35. The monoisotopic (exact) mass is 334 g/mol. The number of nitrogens with zero attached hydrogens (tertiary/aromatic N) is 1. The van der Waals surface area contributed by atoms with Crippen molar-refractivity contribution in [3.05, 3.63) is 54.4 Å². The molecule has 0 aliphatic carbocycles. The zero-order chi connectivity index (χ0) is 14.9. The molecular formula is C12H9Cl2FN2O2S. The standard InChI is InChI=1S/C12H9Cl2FN2O2S/c1-6(8-5-11(13)20-12(8)14)16-9-4-7(15)2-3-10(9)17(18)19/h2-6,16H,1H3. The molecule has 1 heterocycles. The number of anilines is 1. The van der Waals surface area contributed by atoms with E-state index in [1.54, 1.807) is 13.0 Å². The number of nitro benzene ring substituents is 1. The van der Waals surface area contributed by atoms with Gasteiger partial charge in [-0.2, -0.15) is 0 Å². The number of rotatable bonds is 4. The highest BCUT2D eigenvalue weighted by atomic mass is 35.5. The third-order valence-electron chi connectivity index (χ3n) is 2.68. The molecule has 1 aromatic heterocycles. The molecule has 106 valence electrons. The fourth-order valence-corrected chi connectivity index (χ4v) is 3.39. The van der Waals surface area contributed by atoms with Crippen molar-refractivity contribution in [2.24, 2.45) is 0 Å². The predicted octanol–water partition coefficient (Wildman–Crippen LogP) is 5.28. The van der Waals surface area contributed by atoms with Crippen LogP contribution >= 0.6 is 34.5 Å². The lowest BCUT2D eigenvalue weighted by atomic mass is 10.1. The average molecular weight is 335 g/mol. The van der Waals surface area contributed by atoms with E-state index < -0.39 is 10.7 Å². The highest BCUT2D eigenvalue weighted by Crippen LogP contribution is 2.37. The molecule has 0 amide bonds. The molecule has 0 radical (unpaired) electrons. The zero-order valence-electron chi connectivity index (χ0n) is 10.2. The summed E-state index contributed by atoms with van der Waals surface area (Å²) in [6.45, 7) is 1.76. The van der Waals surface area contributed by atoms with Gasteiger partial charge in [-0.05, 0) is 19.1 Å². The molecule has 0 aliphatic rings. The van der Waals surface area contributed by atoms with Crippen LogP contribution in [0.25, 0.3) is 0 Å². The van der Waals surface area contributed by atoms with E-state index in [9.17, 15) is 14.5 Å². The Morgan fingerprint density at radius 1 is 1.40 bits per heavy atom. The Balaban J connectivity index is 2.32. The molecule has 0 saturated carbocycles. The minimum Gasteiger partial charge on any atom is -0.373 e. The highest BCUT2D eigenvalue weighted by Gasteiger charge is 2.19. The van der Waals surface area contributed by atoms with Crippen LogP contribution in [0.5, 0.6) is 0 Å². The van der Waals surface area contributed by atoms with Crippen LogP contribution in [-0.4, -0.2) is 4.92 Å². The third kappa shape index (κ3) is 3.20. The van der Waals surface area contributed by atoms with Crippen molar-refractivity contribution >= 4 is 45.9 Å². The number of hydrogen-bond acceptors (Lipinski definition) is 4. The summed E-state index contributed by atoms with van der Waals surface area (Å²) in [5, 5.41) is 13.8. The Morgan fingerprint density at radius 2 is 2.10 bits per heavy atom. The summed E-state index contributed by atoms with van der Waals surface area (Å²) in [5.41, 5.74) is 0.608. The zero-order valence-corrected chi connectivity index (χ0v) is 12.5. The lowest BCUT2D eigenvalue weighted by molar-refractivity contribution is -0.384. The Hall–Kier alpha value is -1.37. The smallest absolute Gasteiger partial charge is 0.292 e. The molecule has 2 rings (SSSR count). The molecule has 1 atom stereocenters. The molecule has 1 N–H and O–H groups in total. The van der Waals surface area contributed by atoms with Crippen LogP contribution in [-0.2, 0) is 0 Å². The molecule has 0 fully saturated rings. The van der Waals surface area contributed by atoms with Gasteiger partial charge in [-0.25, -0.2) is 4.39 Å². The minimum absolute atomic E-state index is 0.0980. The van der Waals surface area contributed by atoms with E-state index in [-0.39, 0.29) is 17.4 Å². The van der Waals surface area contributed by atoms with Crippen LogP contribution in [0.2, 0.25) is 8.67 Å². The summed E-state index contributed by atoms with van der Waals surface area (Å²) in [5.74, 6) is -0.556. The van der Waals surface area contributed by atoms with Crippen LogP contribution in [0.3, 0.4) is 0 Å². The van der Waals surface area contributed by atoms with Crippen molar-refractivity contribution in [1.29, 1.82) is 0 Å².